The van der Waals surface area contributed by atoms with Crippen LogP contribution in [0.2, 0.25) is 0 Å². The fourth-order valence-corrected chi connectivity index (χ4v) is 7.67. The fraction of sp³-hybridized carbons (Fsp3) is 0.420. The maximum Gasteiger partial charge on any atom is 0.326 e. The summed E-state index contributed by atoms with van der Waals surface area (Å²) in [5, 5.41) is 31.1. The number of phenolic OH excluding ortho intramolecular Hbond substituents is 1. The van der Waals surface area contributed by atoms with E-state index in [4.69, 9.17) is 23.2 Å². The molecule has 0 aliphatic carbocycles. The van der Waals surface area contributed by atoms with Crippen LogP contribution in [0.5, 0.6) is 5.75 Å². The Morgan fingerprint density at radius 1 is 0.600 bits per heavy atom. The Hall–Kier alpha value is -5.63. The smallest absolute Gasteiger partial charge is 0.326 e. The van der Waals surface area contributed by atoms with Gasteiger partial charge in [0.1, 0.15) is 28.9 Å². The summed E-state index contributed by atoms with van der Waals surface area (Å²) in [5.41, 5.74) is 1.15. The van der Waals surface area contributed by atoms with E-state index in [2.05, 4.69) is 21.3 Å². The molecule has 65 heavy (non-hydrogen) atoms. The first-order valence-electron chi connectivity index (χ1n) is 21.9. The summed E-state index contributed by atoms with van der Waals surface area (Å²) in [6.07, 6.45) is 0.428. The van der Waals surface area contributed by atoms with Gasteiger partial charge in [0.15, 0.2) is 0 Å². The van der Waals surface area contributed by atoms with Crippen LogP contribution in [-0.2, 0) is 49.9 Å². The topological polar surface area (TPSA) is 180 Å². The highest BCUT2D eigenvalue weighted by molar-refractivity contribution is 6.18. The van der Waals surface area contributed by atoms with Gasteiger partial charge in [-0.1, -0.05) is 98.8 Å². The van der Waals surface area contributed by atoms with E-state index in [-0.39, 0.29) is 30.9 Å². The molecule has 4 aromatic rings. The third-order valence-electron chi connectivity index (χ3n) is 11.0. The minimum absolute atomic E-state index is 0.00728. The van der Waals surface area contributed by atoms with Crippen LogP contribution < -0.4 is 26.2 Å². The molecule has 4 aromatic carbocycles. The number of nitrogens with zero attached hydrogens (tertiary/aromatic N) is 2. The normalized spacial score (nSPS) is 13.1. The summed E-state index contributed by atoms with van der Waals surface area (Å²) in [6, 6.07) is 30.3. The molecule has 4 rings (SSSR count). The maximum atomic E-state index is 14.6. The Morgan fingerprint density at radius 2 is 1.09 bits per heavy atom. The van der Waals surface area contributed by atoms with E-state index < -0.39 is 58.8 Å². The van der Waals surface area contributed by atoms with Gasteiger partial charge in [0, 0.05) is 50.0 Å². The first-order chi connectivity index (χ1) is 30.8. The number of rotatable bonds is 25. The summed E-state index contributed by atoms with van der Waals surface area (Å²) < 4.78 is 0. The van der Waals surface area contributed by atoms with E-state index >= 15 is 0 Å². The van der Waals surface area contributed by atoms with Crippen LogP contribution in [0.4, 0.5) is 5.69 Å². The van der Waals surface area contributed by atoms with Crippen LogP contribution in [0.15, 0.2) is 109 Å². The number of benzene rings is 4. The number of halogens is 2. The number of carbonyl (C=O) groups is 5. The van der Waals surface area contributed by atoms with Crippen molar-refractivity contribution < 1.29 is 34.2 Å². The molecule has 0 heterocycles. The van der Waals surface area contributed by atoms with E-state index in [1.54, 1.807) is 38.1 Å². The number of aromatic hydroxyl groups is 1. The Kier molecular flexibility index (Phi) is 19.7. The monoisotopic (exact) mass is 930 g/mol. The third kappa shape index (κ3) is 16.4. The molecule has 15 heteroatoms. The molecule has 6 N–H and O–H groups in total. The van der Waals surface area contributed by atoms with Gasteiger partial charge in [-0.15, -0.1) is 23.2 Å². The predicted molar refractivity (Wildman–Crippen MR) is 257 cm³/mol. The molecule has 0 saturated heterocycles. The van der Waals surface area contributed by atoms with Gasteiger partial charge < -0.3 is 36.4 Å². The lowest BCUT2D eigenvalue weighted by Gasteiger charge is -2.36. The molecule has 0 aromatic heterocycles. The highest BCUT2D eigenvalue weighted by Gasteiger charge is 2.40. The summed E-state index contributed by atoms with van der Waals surface area (Å²) in [6.45, 7) is 11.7. The van der Waals surface area contributed by atoms with Crippen LogP contribution in [-0.4, -0.2) is 98.8 Å². The van der Waals surface area contributed by atoms with E-state index in [0.29, 0.717) is 43.5 Å². The van der Waals surface area contributed by atoms with Gasteiger partial charge in [0.2, 0.25) is 23.6 Å². The lowest BCUT2D eigenvalue weighted by molar-refractivity contribution is -0.143. The van der Waals surface area contributed by atoms with Gasteiger partial charge in [-0.05, 0) is 93.0 Å². The molecule has 0 radical (unpaired) electrons. The SMILES string of the molecule is CC(C)C[C@H](NC(=O)[C@H](Cc1ccc(N(CCCl)CCCl)cc1)NC(=O)C(C)(C)NC(=O)C(C)(C)NC(=O)[C@H](Cc1ccc(O)cc1)N(Cc1ccccc1)Cc1ccccc1)C(=O)O. The first-order valence-corrected chi connectivity index (χ1v) is 22.9. The van der Waals surface area contributed by atoms with E-state index in [1.807, 2.05) is 109 Å². The number of carbonyl (C=O) groups excluding carboxylic acids is 4. The van der Waals surface area contributed by atoms with Gasteiger partial charge in [-0.25, -0.2) is 4.79 Å². The number of anilines is 1. The first kappa shape index (κ1) is 52.0. The van der Waals surface area contributed by atoms with Crippen molar-refractivity contribution in [2.24, 2.45) is 5.92 Å². The summed E-state index contributed by atoms with van der Waals surface area (Å²) in [5.74, 6) is -2.87. The van der Waals surface area contributed by atoms with Crippen LogP contribution >= 0.6 is 23.2 Å². The van der Waals surface area contributed by atoms with E-state index in [9.17, 15) is 34.2 Å². The molecule has 13 nitrogen and oxygen atoms in total. The van der Waals surface area contributed by atoms with Crippen LogP contribution in [0.25, 0.3) is 0 Å². The highest BCUT2D eigenvalue weighted by atomic mass is 35.5. The quantitative estimate of drug-likeness (QED) is 0.0409. The van der Waals surface area contributed by atoms with Crippen molar-refractivity contribution in [3.63, 3.8) is 0 Å². The van der Waals surface area contributed by atoms with Gasteiger partial charge in [0.25, 0.3) is 0 Å². The van der Waals surface area contributed by atoms with Gasteiger partial charge >= 0.3 is 5.97 Å². The zero-order valence-corrected chi connectivity index (χ0v) is 39.7. The molecule has 0 aliphatic heterocycles. The number of amides is 4. The standard InChI is InChI=1S/C50H64Cl2N6O7/c1-34(2)29-42(46(62)63)53-44(60)41(30-35-17-21-39(22-18-35)57(27-25-51)28-26-52)54-47(64)49(3,4)56-48(65)50(5,6)55-45(61)43(31-36-19-23-40(59)24-20-36)58(32-37-13-9-7-10-14-37)33-38-15-11-8-12-16-38/h7-24,34,41-43,59H,25-33H2,1-6H3,(H,53,60)(H,54,64)(H,55,61)(H,56,65)(H,62,63)/t41-,42-,43-/m0/s1. The number of hydrogen-bond donors (Lipinski definition) is 6. The summed E-state index contributed by atoms with van der Waals surface area (Å²) >= 11 is 12.0. The lowest BCUT2D eigenvalue weighted by atomic mass is 9.96. The van der Waals surface area contributed by atoms with Crippen molar-refractivity contribution in [2.75, 3.05) is 29.7 Å². The molecule has 0 unspecified atom stereocenters. The second-order valence-corrected chi connectivity index (χ2v) is 18.5. The minimum atomic E-state index is -1.62. The molecular formula is C50H64Cl2N6O7. The molecule has 0 bridgehead atoms. The fourth-order valence-electron chi connectivity index (χ4n) is 7.27. The van der Waals surface area contributed by atoms with Crippen molar-refractivity contribution in [3.8, 4) is 5.75 Å². The maximum absolute atomic E-state index is 14.6. The number of carboxylic acid groups (broad SMARTS) is 1. The number of nitrogens with one attached hydrogen (secondary N) is 4. The van der Waals surface area contributed by atoms with Crippen molar-refractivity contribution >= 4 is 58.5 Å². The zero-order chi connectivity index (χ0) is 47.7. The largest absolute Gasteiger partial charge is 0.508 e. The number of hydrogen-bond acceptors (Lipinski definition) is 8. The minimum Gasteiger partial charge on any atom is -0.508 e. The molecular weight excluding hydrogens is 867 g/mol. The van der Waals surface area contributed by atoms with Gasteiger partial charge in [-0.2, -0.15) is 0 Å². The van der Waals surface area contributed by atoms with Gasteiger partial charge in [0.05, 0.1) is 6.04 Å². The number of aliphatic carboxylic acids is 1. The van der Waals surface area contributed by atoms with Crippen molar-refractivity contribution in [1.82, 2.24) is 26.2 Å². The summed E-state index contributed by atoms with van der Waals surface area (Å²) in [4.78, 5) is 73.1. The van der Waals surface area contributed by atoms with Crippen molar-refractivity contribution in [3.05, 3.63) is 131 Å². The molecule has 0 saturated carbocycles. The highest BCUT2D eigenvalue weighted by Crippen LogP contribution is 2.22. The number of carboxylic acids is 1. The van der Waals surface area contributed by atoms with Crippen molar-refractivity contribution in [1.29, 1.82) is 0 Å². The molecule has 3 atom stereocenters. The second-order valence-electron chi connectivity index (χ2n) is 17.7. The average molecular weight is 932 g/mol. The Balaban J connectivity index is 1.58. The predicted octanol–water partition coefficient (Wildman–Crippen LogP) is 6.42. The Labute approximate surface area is 393 Å². The van der Waals surface area contributed by atoms with Crippen LogP contribution in [0.1, 0.15) is 70.2 Å². The zero-order valence-electron chi connectivity index (χ0n) is 38.2. The van der Waals surface area contributed by atoms with E-state index in [1.165, 1.54) is 13.8 Å². The molecule has 0 aliphatic rings. The molecule has 350 valence electrons. The molecule has 4 amide bonds. The van der Waals surface area contributed by atoms with E-state index in [0.717, 1.165) is 22.4 Å². The Bertz CT molecular complexity index is 2110. The summed E-state index contributed by atoms with van der Waals surface area (Å²) in [7, 11) is 0. The number of alkyl halides is 2. The molecule has 0 spiro atoms. The third-order valence-corrected chi connectivity index (χ3v) is 11.3. The second kappa shape index (κ2) is 24.6. The van der Waals surface area contributed by atoms with Crippen LogP contribution in [0, 0.1) is 5.92 Å². The van der Waals surface area contributed by atoms with Crippen molar-refractivity contribution in [2.45, 2.75) is 103 Å². The average Bonchev–Trinajstić information content (AvgIpc) is 3.25. The van der Waals surface area contributed by atoms with Gasteiger partial charge in [-0.3, -0.25) is 24.1 Å². The number of phenols is 1. The van der Waals surface area contributed by atoms with Crippen LogP contribution in [0.3, 0.4) is 0 Å². The molecule has 0 fully saturated rings. The Morgan fingerprint density at radius 3 is 1.58 bits per heavy atom. The lowest BCUT2D eigenvalue weighted by Crippen LogP contribution is -2.65.